The molecule has 0 radical (unpaired) electrons. The maximum absolute atomic E-state index is 12.2. The number of hydrogen-bond acceptors (Lipinski definition) is 3. The minimum Gasteiger partial charge on any atom is -0.383 e. The molecule has 0 spiro atoms. The molecule has 1 fully saturated rings. The van der Waals surface area contributed by atoms with E-state index >= 15 is 0 Å². The van der Waals surface area contributed by atoms with Crippen LogP contribution in [0, 0.1) is 5.92 Å². The van der Waals surface area contributed by atoms with Gasteiger partial charge in [-0.05, 0) is 26.2 Å². The van der Waals surface area contributed by atoms with Crippen LogP contribution in [0.15, 0.2) is 0 Å². The van der Waals surface area contributed by atoms with Crippen molar-refractivity contribution in [2.45, 2.75) is 44.7 Å². The first-order valence-electron chi connectivity index (χ1n) is 6.07. The summed E-state index contributed by atoms with van der Waals surface area (Å²) in [5.41, 5.74) is 5.90. The van der Waals surface area contributed by atoms with Crippen molar-refractivity contribution < 1.29 is 9.53 Å². The Hall–Kier alpha value is -0.610. The highest BCUT2D eigenvalue weighted by Crippen LogP contribution is 2.25. The Morgan fingerprint density at radius 2 is 2.25 bits per heavy atom. The predicted octanol–water partition coefficient (Wildman–Crippen LogP) is 0.997. The lowest BCUT2D eigenvalue weighted by Crippen LogP contribution is -2.44. The zero-order valence-corrected chi connectivity index (χ0v) is 10.6. The third kappa shape index (κ3) is 3.46. The van der Waals surface area contributed by atoms with Crippen molar-refractivity contribution in [1.82, 2.24) is 4.90 Å². The number of carbonyl (C=O) groups is 1. The van der Waals surface area contributed by atoms with Crippen LogP contribution in [-0.2, 0) is 9.53 Å². The Balaban J connectivity index is 2.48. The van der Waals surface area contributed by atoms with E-state index in [4.69, 9.17) is 10.5 Å². The topological polar surface area (TPSA) is 55.6 Å². The van der Waals surface area contributed by atoms with E-state index in [0.29, 0.717) is 6.61 Å². The minimum atomic E-state index is 0.119. The summed E-state index contributed by atoms with van der Waals surface area (Å²) >= 11 is 0. The summed E-state index contributed by atoms with van der Waals surface area (Å²) in [6, 6.07) is 0.337. The molecule has 0 heterocycles. The van der Waals surface area contributed by atoms with Crippen LogP contribution in [0.3, 0.4) is 0 Å². The molecule has 2 N–H and O–H groups in total. The summed E-state index contributed by atoms with van der Waals surface area (Å²) in [5.74, 6) is 0.341. The van der Waals surface area contributed by atoms with Gasteiger partial charge in [-0.3, -0.25) is 4.79 Å². The molecule has 1 aliphatic rings. The van der Waals surface area contributed by atoms with Crippen molar-refractivity contribution in [1.29, 1.82) is 0 Å². The molecule has 0 aromatic rings. The molecule has 0 aromatic carbocycles. The third-order valence-corrected chi connectivity index (χ3v) is 3.48. The summed E-state index contributed by atoms with van der Waals surface area (Å²) < 4.78 is 5.06. The average molecular weight is 228 g/mol. The lowest BCUT2D eigenvalue weighted by molar-refractivity contribution is -0.138. The van der Waals surface area contributed by atoms with E-state index in [1.54, 1.807) is 12.0 Å². The molecule has 4 nitrogen and oxygen atoms in total. The molecule has 1 saturated carbocycles. The van der Waals surface area contributed by atoms with Gasteiger partial charge in [-0.15, -0.1) is 0 Å². The number of nitrogens with zero attached hydrogens (tertiary/aromatic N) is 1. The highest BCUT2D eigenvalue weighted by Gasteiger charge is 2.29. The van der Waals surface area contributed by atoms with Gasteiger partial charge in [0, 0.05) is 26.1 Å². The van der Waals surface area contributed by atoms with Gasteiger partial charge in [0.05, 0.1) is 12.6 Å². The van der Waals surface area contributed by atoms with Crippen LogP contribution < -0.4 is 5.73 Å². The summed E-state index contributed by atoms with van der Waals surface area (Å²) in [5, 5.41) is 0. The molecule has 0 saturated heterocycles. The second-order valence-corrected chi connectivity index (χ2v) is 4.88. The maximum Gasteiger partial charge on any atom is 0.225 e. The smallest absolute Gasteiger partial charge is 0.225 e. The van der Waals surface area contributed by atoms with Gasteiger partial charge >= 0.3 is 0 Å². The fourth-order valence-electron chi connectivity index (χ4n) is 2.31. The van der Waals surface area contributed by atoms with Gasteiger partial charge in [0.25, 0.3) is 0 Å². The number of methoxy groups -OCH3 is 1. The number of hydrogen-bond donors (Lipinski definition) is 1. The second kappa shape index (κ2) is 6.21. The summed E-state index contributed by atoms with van der Waals surface area (Å²) in [6.45, 7) is 2.59. The van der Waals surface area contributed by atoms with E-state index in [9.17, 15) is 4.79 Å². The Morgan fingerprint density at radius 3 is 2.81 bits per heavy atom. The lowest BCUT2D eigenvalue weighted by Gasteiger charge is -2.32. The van der Waals surface area contributed by atoms with Crippen molar-refractivity contribution in [3.8, 4) is 0 Å². The highest BCUT2D eigenvalue weighted by molar-refractivity contribution is 5.79. The molecular formula is C12H24N2O2. The van der Waals surface area contributed by atoms with Crippen LogP contribution in [-0.4, -0.2) is 43.7 Å². The van der Waals surface area contributed by atoms with Crippen molar-refractivity contribution in [2.24, 2.45) is 11.7 Å². The van der Waals surface area contributed by atoms with Gasteiger partial charge in [-0.2, -0.15) is 0 Å². The first kappa shape index (κ1) is 13.5. The Kier molecular flexibility index (Phi) is 5.22. The third-order valence-electron chi connectivity index (χ3n) is 3.48. The molecule has 0 aliphatic heterocycles. The Labute approximate surface area is 98.1 Å². The second-order valence-electron chi connectivity index (χ2n) is 4.88. The molecule has 16 heavy (non-hydrogen) atoms. The number of ether oxygens (including phenoxy) is 1. The van der Waals surface area contributed by atoms with Crippen LogP contribution in [0.4, 0.5) is 0 Å². The average Bonchev–Trinajstić information content (AvgIpc) is 2.27. The number of likely N-dealkylation sites (N-methyl/N-ethyl adjacent to an activating group) is 1. The quantitative estimate of drug-likeness (QED) is 0.781. The van der Waals surface area contributed by atoms with Gasteiger partial charge < -0.3 is 15.4 Å². The zero-order valence-electron chi connectivity index (χ0n) is 10.6. The molecule has 1 amide bonds. The molecule has 1 rings (SSSR count). The summed E-state index contributed by atoms with van der Waals surface area (Å²) in [4.78, 5) is 14.0. The molecule has 3 atom stereocenters. The molecular weight excluding hydrogens is 204 g/mol. The fraction of sp³-hybridized carbons (Fsp3) is 0.917. The number of carbonyl (C=O) groups excluding carboxylic acids is 1. The van der Waals surface area contributed by atoms with Crippen LogP contribution >= 0.6 is 0 Å². The van der Waals surface area contributed by atoms with E-state index in [0.717, 1.165) is 25.7 Å². The molecule has 4 heteroatoms. The van der Waals surface area contributed by atoms with Gasteiger partial charge in [-0.25, -0.2) is 0 Å². The first-order chi connectivity index (χ1) is 7.56. The number of rotatable bonds is 4. The van der Waals surface area contributed by atoms with Crippen LogP contribution in [0.5, 0.6) is 0 Å². The van der Waals surface area contributed by atoms with Crippen molar-refractivity contribution >= 4 is 5.91 Å². The number of nitrogens with two attached hydrogens (primary N) is 1. The molecule has 1 aliphatic carbocycles. The lowest BCUT2D eigenvalue weighted by atomic mass is 9.85. The van der Waals surface area contributed by atoms with E-state index in [2.05, 4.69) is 0 Å². The SMILES string of the molecule is COCC(C)N(C)C(=O)C1CCCC(N)C1. The van der Waals surface area contributed by atoms with E-state index in [1.165, 1.54) is 0 Å². The van der Waals surface area contributed by atoms with Gasteiger partial charge in [0.1, 0.15) is 0 Å². The maximum atomic E-state index is 12.2. The zero-order chi connectivity index (χ0) is 12.1. The molecule has 3 unspecified atom stereocenters. The number of amides is 1. The summed E-state index contributed by atoms with van der Waals surface area (Å²) in [7, 11) is 3.51. The van der Waals surface area contributed by atoms with Crippen LogP contribution in [0.2, 0.25) is 0 Å². The van der Waals surface area contributed by atoms with Crippen molar-refractivity contribution in [3.63, 3.8) is 0 Å². The highest BCUT2D eigenvalue weighted by atomic mass is 16.5. The van der Waals surface area contributed by atoms with Gasteiger partial charge in [-0.1, -0.05) is 6.42 Å². The van der Waals surface area contributed by atoms with E-state index in [-0.39, 0.29) is 23.9 Å². The predicted molar refractivity (Wildman–Crippen MR) is 64.0 cm³/mol. The molecule has 0 bridgehead atoms. The van der Waals surface area contributed by atoms with Crippen molar-refractivity contribution in [3.05, 3.63) is 0 Å². The Bertz CT molecular complexity index is 233. The fourth-order valence-corrected chi connectivity index (χ4v) is 2.31. The summed E-state index contributed by atoms with van der Waals surface area (Å²) in [6.07, 6.45) is 3.95. The molecule has 0 aromatic heterocycles. The van der Waals surface area contributed by atoms with Crippen molar-refractivity contribution in [2.75, 3.05) is 20.8 Å². The van der Waals surface area contributed by atoms with E-state index in [1.807, 2.05) is 14.0 Å². The van der Waals surface area contributed by atoms with Crippen LogP contribution in [0.25, 0.3) is 0 Å². The Morgan fingerprint density at radius 1 is 1.56 bits per heavy atom. The standard InChI is InChI=1S/C12H24N2O2/c1-9(8-16-3)14(2)12(15)10-5-4-6-11(13)7-10/h9-11H,4-8,13H2,1-3H3. The van der Waals surface area contributed by atoms with E-state index < -0.39 is 0 Å². The normalized spacial score (nSPS) is 27.5. The van der Waals surface area contributed by atoms with Gasteiger partial charge in [0.2, 0.25) is 5.91 Å². The van der Waals surface area contributed by atoms with Crippen LogP contribution in [0.1, 0.15) is 32.6 Å². The monoisotopic (exact) mass is 228 g/mol. The van der Waals surface area contributed by atoms with Gasteiger partial charge in [0.15, 0.2) is 0 Å². The first-order valence-corrected chi connectivity index (χ1v) is 6.07. The molecule has 94 valence electrons. The minimum absolute atomic E-state index is 0.119. The largest absolute Gasteiger partial charge is 0.383 e.